The molecule has 0 bridgehead atoms. The first kappa shape index (κ1) is 13.5. The first-order valence-corrected chi connectivity index (χ1v) is 8.93. The van der Waals surface area contributed by atoms with Gasteiger partial charge in [0.15, 0.2) is 0 Å². The molecular weight excluding hydrogens is 248 g/mol. The van der Waals surface area contributed by atoms with Crippen molar-refractivity contribution in [3.8, 4) is 0 Å². The number of nitrogens with zero attached hydrogens (tertiary/aromatic N) is 1. The van der Waals surface area contributed by atoms with Gasteiger partial charge in [-0.1, -0.05) is 12.8 Å². The second-order valence-electron chi connectivity index (χ2n) is 7.88. The average Bonchev–Trinajstić information content (AvgIpc) is 3.38. The van der Waals surface area contributed by atoms with Crippen LogP contribution in [0.15, 0.2) is 0 Å². The van der Waals surface area contributed by atoms with E-state index < -0.39 is 0 Å². The van der Waals surface area contributed by atoms with Gasteiger partial charge in [-0.25, -0.2) is 0 Å². The highest BCUT2D eigenvalue weighted by atomic mass is 16.3. The number of likely N-dealkylation sites (tertiary alicyclic amines) is 1. The second kappa shape index (κ2) is 5.26. The van der Waals surface area contributed by atoms with Crippen molar-refractivity contribution in [2.24, 2.45) is 11.8 Å². The minimum Gasteiger partial charge on any atom is -0.394 e. The monoisotopic (exact) mass is 278 g/mol. The van der Waals surface area contributed by atoms with Crippen molar-refractivity contribution in [2.45, 2.75) is 75.4 Å². The topological polar surface area (TPSA) is 35.5 Å². The average molecular weight is 278 g/mol. The van der Waals surface area contributed by atoms with Gasteiger partial charge in [0.2, 0.25) is 0 Å². The number of hydrogen-bond acceptors (Lipinski definition) is 3. The van der Waals surface area contributed by atoms with E-state index in [1.165, 1.54) is 64.3 Å². The Balaban J connectivity index is 1.46. The lowest BCUT2D eigenvalue weighted by Crippen LogP contribution is -2.59. The fourth-order valence-corrected chi connectivity index (χ4v) is 4.85. The molecule has 4 rings (SSSR count). The van der Waals surface area contributed by atoms with Crippen molar-refractivity contribution in [1.29, 1.82) is 0 Å². The number of hydrogen-bond donors (Lipinski definition) is 2. The smallest absolute Gasteiger partial charge is 0.0628 e. The summed E-state index contributed by atoms with van der Waals surface area (Å²) in [5.41, 5.74) is 0.0213. The van der Waals surface area contributed by atoms with E-state index in [0.29, 0.717) is 12.6 Å². The van der Waals surface area contributed by atoms with Crippen LogP contribution in [0.4, 0.5) is 0 Å². The number of nitrogens with one attached hydrogen (secondary N) is 1. The molecule has 0 aromatic heterocycles. The van der Waals surface area contributed by atoms with E-state index in [1.54, 1.807) is 0 Å². The molecule has 1 saturated heterocycles. The summed E-state index contributed by atoms with van der Waals surface area (Å²) >= 11 is 0. The molecule has 20 heavy (non-hydrogen) atoms. The number of aliphatic hydroxyl groups excluding tert-OH is 1. The molecule has 1 aliphatic heterocycles. The van der Waals surface area contributed by atoms with Crippen LogP contribution in [0.5, 0.6) is 0 Å². The van der Waals surface area contributed by atoms with Crippen molar-refractivity contribution in [1.82, 2.24) is 10.2 Å². The summed E-state index contributed by atoms with van der Waals surface area (Å²) in [5, 5.41) is 14.0. The summed E-state index contributed by atoms with van der Waals surface area (Å²) in [4.78, 5) is 2.74. The molecule has 3 aliphatic carbocycles. The highest BCUT2D eigenvalue weighted by Crippen LogP contribution is 2.44. The number of fused-ring (bicyclic) bond motifs is 1. The third kappa shape index (κ3) is 2.53. The van der Waals surface area contributed by atoms with Gasteiger partial charge in [0.1, 0.15) is 0 Å². The van der Waals surface area contributed by atoms with Gasteiger partial charge in [-0.2, -0.15) is 0 Å². The van der Waals surface area contributed by atoms with E-state index in [0.717, 1.165) is 24.4 Å². The molecule has 0 radical (unpaired) electrons. The van der Waals surface area contributed by atoms with Gasteiger partial charge in [0.05, 0.1) is 12.1 Å². The molecule has 0 amide bonds. The summed E-state index contributed by atoms with van der Waals surface area (Å²) in [5.74, 6) is 1.69. The van der Waals surface area contributed by atoms with Crippen LogP contribution in [0.1, 0.15) is 57.8 Å². The molecule has 0 aromatic rings. The zero-order valence-electron chi connectivity index (χ0n) is 12.7. The van der Waals surface area contributed by atoms with Crippen LogP contribution in [-0.2, 0) is 0 Å². The summed E-state index contributed by atoms with van der Waals surface area (Å²) in [6.07, 6.45) is 12.4. The minimum atomic E-state index is 0.0213. The van der Waals surface area contributed by atoms with Gasteiger partial charge in [0.25, 0.3) is 0 Å². The van der Waals surface area contributed by atoms with Crippen LogP contribution < -0.4 is 5.32 Å². The molecule has 3 heteroatoms. The quantitative estimate of drug-likeness (QED) is 0.781. The van der Waals surface area contributed by atoms with Gasteiger partial charge >= 0.3 is 0 Å². The maximum Gasteiger partial charge on any atom is 0.0628 e. The minimum absolute atomic E-state index is 0.0213. The molecule has 4 fully saturated rings. The summed E-state index contributed by atoms with van der Waals surface area (Å²) < 4.78 is 0. The van der Waals surface area contributed by atoms with E-state index in [1.807, 2.05) is 0 Å². The van der Waals surface area contributed by atoms with E-state index in [4.69, 9.17) is 0 Å². The molecule has 3 atom stereocenters. The first-order valence-electron chi connectivity index (χ1n) is 8.93. The van der Waals surface area contributed by atoms with Crippen molar-refractivity contribution in [3.63, 3.8) is 0 Å². The van der Waals surface area contributed by atoms with E-state index in [9.17, 15) is 5.11 Å². The molecule has 0 aromatic carbocycles. The van der Waals surface area contributed by atoms with E-state index >= 15 is 0 Å². The molecular formula is C17H30N2O. The number of rotatable bonds is 6. The lowest BCUT2D eigenvalue weighted by atomic mass is 9.84. The predicted molar refractivity (Wildman–Crippen MR) is 80.6 cm³/mol. The van der Waals surface area contributed by atoms with Gasteiger partial charge in [-0.05, 0) is 63.3 Å². The molecule has 2 N–H and O–H groups in total. The fourth-order valence-electron chi connectivity index (χ4n) is 4.85. The van der Waals surface area contributed by atoms with E-state index in [2.05, 4.69) is 10.2 Å². The van der Waals surface area contributed by atoms with Gasteiger partial charge in [-0.15, -0.1) is 0 Å². The van der Waals surface area contributed by atoms with Crippen LogP contribution in [0.2, 0.25) is 0 Å². The first-order chi connectivity index (χ1) is 9.81. The Morgan fingerprint density at radius 3 is 2.50 bits per heavy atom. The van der Waals surface area contributed by atoms with Crippen molar-refractivity contribution < 1.29 is 5.11 Å². The number of aliphatic hydroxyl groups is 1. The lowest BCUT2D eigenvalue weighted by molar-refractivity contribution is 0.0711. The van der Waals surface area contributed by atoms with Crippen molar-refractivity contribution in [3.05, 3.63) is 0 Å². The van der Waals surface area contributed by atoms with Crippen LogP contribution in [0, 0.1) is 11.8 Å². The standard InChI is InChI=1S/C17H30N2O/c20-12-17(14-5-6-14,18-15-7-8-15)11-19-10-9-13-3-1-2-4-16(13)19/h13-16,18,20H,1-12H2. The van der Waals surface area contributed by atoms with E-state index in [-0.39, 0.29) is 5.54 Å². The largest absolute Gasteiger partial charge is 0.394 e. The maximum atomic E-state index is 10.1. The zero-order valence-corrected chi connectivity index (χ0v) is 12.7. The van der Waals surface area contributed by atoms with Gasteiger partial charge < -0.3 is 10.4 Å². The molecule has 114 valence electrons. The Labute approximate surface area is 123 Å². The van der Waals surface area contributed by atoms with Gasteiger partial charge in [0, 0.05) is 18.6 Å². The maximum absolute atomic E-state index is 10.1. The summed E-state index contributed by atoms with van der Waals surface area (Å²) in [7, 11) is 0. The van der Waals surface area contributed by atoms with Crippen LogP contribution in [0.3, 0.4) is 0 Å². The van der Waals surface area contributed by atoms with Gasteiger partial charge in [-0.3, -0.25) is 4.90 Å². The molecule has 1 heterocycles. The van der Waals surface area contributed by atoms with Crippen molar-refractivity contribution >= 4 is 0 Å². The molecule has 3 unspecified atom stereocenters. The predicted octanol–water partition coefficient (Wildman–Crippen LogP) is 2.14. The Morgan fingerprint density at radius 1 is 1.00 bits per heavy atom. The Morgan fingerprint density at radius 2 is 1.80 bits per heavy atom. The summed E-state index contributed by atoms with van der Waals surface area (Å²) in [6, 6.07) is 1.53. The summed E-state index contributed by atoms with van der Waals surface area (Å²) in [6.45, 7) is 2.71. The van der Waals surface area contributed by atoms with Crippen molar-refractivity contribution in [2.75, 3.05) is 19.7 Å². The zero-order chi connectivity index (χ0) is 13.6. The highest BCUT2D eigenvalue weighted by molar-refractivity contribution is 5.07. The molecule has 4 aliphatic rings. The third-order valence-electron chi connectivity index (χ3n) is 6.32. The second-order valence-corrected chi connectivity index (χ2v) is 7.88. The fraction of sp³-hybridized carbons (Fsp3) is 1.00. The molecule has 0 spiro atoms. The molecule has 3 nitrogen and oxygen atoms in total. The Bertz CT molecular complexity index is 353. The molecule has 3 saturated carbocycles. The van der Waals surface area contributed by atoms with Crippen LogP contribution >= 0.6 is 0 Å². The van der Waals surface area contributed by atoms with Crippen LogP contribution in [0.25, 0.3) is 0 Å². The van der Waals surface area contributed by atoms with Crippen LogP contribution in [-0.4, -0.2) is 47.3 Å². The normalized spacial score (nSPS) is 37.6. The Hall–Kier alpha value is -0.120. The highest BCUT2D eigenvalue weighted by Gasteiger charge is 2.50. The SMILES string of the molecule is OCC(CN1CCC2CCCCC21)(NC1CC1)C1CC1. The third-order valence-corrected chi connectivity index (χ3v) is 6.32. The Kier molecular flexibility index (Phi) is 3.56. The lowest BCUT2D eigenvalue weighted by Gasteiger charge is -2.41.